The summed E-state index contributed by atoms with van der Waals surface area (Å²) in [6.45, 7) is 0.767. The van der Waals surface area contributed by atoms with E-state index in [4.69, 9.17) is 0 Å². The van der Waals surface area contributed by atoms with E-state index >= 15 is 0 Å². The molecule has 0 spiro atoms. The van der Waals surface area contributed by atoms with Gasteiger partial charge in [0.15, 0.2) is 0 Å². The molecule has 4 rings (SSSR count). The van der Waals surface area contributed by atoms with Crippen molar-refractivity contribution in [2.75, 3.05) is 11.4 Å². The van der Waals surface area contributed by atoms with Gasteiger partial charge in [-0.05, 0) is 30.5 Å². The highest BCUT2D eigenvalue weighted by Crippen LogP contribution is 2.40. The molecule has 0 unspecified atom stereocenters. The lowest BCUT2D eigenvalue weighted by Gasteiger charge is -2.16. The average molecular weight is 338 g/mol. The molecule has 2 aliphatic rings. The minimum absolute atomic E-state index is 0.0274. The molecule has 25 heavy (non-hydrogen) atoms. The number of carbonyl (C=O) groups excluding carboxylic acids is 2. The van der Waals surface area contributed by atoms with Gasteiger partial charge in [-0.3, -0.25) is 9.59 Å². The molecule has 1 aliphatic heterocycles. The van der Waals surface area contributed by atoms with Gasteiger partial charge in [0.2, 0.25) is 11.8 Å². The van der Waals surface area contributed by atoms with Gasteiger partial charge in [-0.1, -0.05) is 12.1 Å². The Morgan fingerprint density at radius 3 is 3.00 bits per heavy atom. The van der Waals surface area contributed by atoms with Gasteiger partial charge in [-0.25, -0.2) is 4.98 Å². The molecule has 1 aromatic heterocycles. The standard InChI is InChI=1S/C19H22N4O2/c1-22-12-20-11-17(22)15-10-16(15)21-18(24)9-13-4-2-5-14(8-13)23-7-3-6-19(23)25/h2,4-5,8,11-12,15-16H,3,6-7,9-10H2,1H3,(H,21,24)/t15-,16-/m1/s1. The SMILES string of the molecule is Cn1cncc1[C@@H]1C[C@H]1NC(=O)Cc1cccc(N2CCCC2=O)c1. The molecule has 1 aliphatic carbocycles. The van der Waals surface area contributed by atoms with Crippen LogP contribution in [0.4, 0.5) is 5.69 Å². The molecule has 2 fully saturated rings. The van der Waals surface area contributed by atoms with Crippen molar-refractivity contribution in [2.24, 2.45) is 7.05 Å². The van der Waals surface area contributed by atoms with Gasteiger partial charge < -0.3 is 14.8 Å². The second kappa shape index (κ2) is 6.35. The van der Waals surface area contributed by atoms with Gasteiger partial charge in [0.1, 0.15) is 0 Å². The van der Waals surface area contributed by atoms with Crippen molar-refractivity contribution in [3.05, 3.63) is 48.0 Å². The summed E-state index contributed by atoms with van der Waals surface area (Å²) < 4.78 is 2.01. The fraction of sp³-hybridized carbons (Fsp3) is 0.421. The third kappa shape index (κ3) is 3.29. The van der Waals surface area contributed by atoms with Crippen molar-refractivity contribution in [1.29, 1.82) is 0 Å². The lowest BCUT2D eigenvalue weighted by Crippen LogP contribution is -2.28. The molecule has 0 radical (unpaired) electrons. The molecule has 2 amide bonds. The highest BCUT2D eigenvalue weighted by atomic mass is 16.2. The lowest BCUT2D eigenvalue weighted by molar-refractivity contribution is -0.120. The fourth-order valence-corrected chi connectivity index (χ4v) is 3.60. The van der Waals surface area contributed by atoms with Crippen molar-refractivity contribution >= 4 is 17.5 Å². The second-order valence-corrected chi connectivity index (χ2v) is 6.94. The summed E-state index contributed by atoms with van der Waals surface area (Å²) in [6.07, 6.45) is 6.48. The van der Waals surface area contributed by atoms with Crippen LogP contribution in [0, 0.1) is 0 Å². The number of rotatable bonds is 5. The van der Waals surface area contributed by atoms with Crippen LogP contribution in [0.3, 0.4) is 0 Å². The predicted octanol–water partition coefficient (Wildman–Crippen LogP) is 1.76. The van der Waals surface area contributed by atoms with Crippen LogP contribution in [-0.2, 0) is 23.1 Å². The van der Waals surface area contributed by atoms with Crippen molar-refractivity contribution in [3.63, 3.8) is 0 Å². The van der Waals surface area contributed by atoms with Gasteiger partial charge in [0, 0.05) is 49.6 Å². The molecular weight excluding hydrogens is 316 g/mol. The lowest BCUT2D eigenvalue weighted by atomic mass is 10.1. The van der Waals surface area contributed by atoms with Gasteiger partial charge in [-0.15, -0.1) is 0 Å². The van der Waals surface area contributed by atoms with Crippen LogP contribution >= 0.6 is 0 Å². The number of nitrogens with zero attached hydrogens (tertiary/aromatic N) is 3. The maximum Gasteiger partial charge on any atom is 0.227 e. The number of imidazole rings is 1. The van der Waals surface area contributed by atoms with E-state index in [0.717, 1.165) is 30.6 Å². The Balaban J connectivity index is 1.36. The van der Waals surface area contributed by atoms with E-state index < -0.39 is 0 Å². The first-order chi connectivity index (χ1) is 12.1. The minimum atomic E-state index is 0.0274. The number of aromatic nitrogens is 2. The van der Waals surface area contributed by atoms with Gasteiger partial charge in [0.25, 0.3) is 0 Å². The second-order valence-electron chi connectivity index (χ2n) is 6.94. The Hall–Kier alpha value is -2.63. The summed E-state index contributed by atoms with van der Waals surface area (Å²) in [5, 5.41) is 3.11. The Labute approximate surface area is 146 Å². The van der Waals surface area contributed by atoms with E-state index in [1.807, 2.05) is 42.1 Å². The summed E-state index contributed by atoms with van der Waals surface area (Å²) in [5.41, 5.74) is 3.00. The molecule has 1 aromatic carbocycles. The van der Waals surface area contributed by atoms with Gasteiger partial charge in [0.05, 0.1) is 12.7 Å². The van der Waals surface area contributed by atoms with Crippen LogP contribution < -0.4 is 10.2 Å². The number of carbonyl (C=O) groups is 2. The van der Waals surface area contributed by atoms with Crippen molar-refractivity contribution in [2.45, 2.75) is 37.6 Å². The van der Waals surface area contributed by atoms with Crippen LogP contribution in [0.15, 0.2) is 36.8 Å². The quantitative estimate of drug-likeness (QED) is 0.903. The number of hydrogen-bond donors (Lipinski definition) is 1. The first-order valence-electron chi connectivity index (χ1n) is 8.76. The fourth-order valence-electron chi connectivity index (χ4n) is 3.60. The molecule has 2 heterocycles. The zero-order valence-corrected chi connectivity index (χ0v) is 14.3. The van der Waals surface area contributed by atoms with Crippen LogP contribution in [0.1, 0.15) is 36.4 Å². The zero-order valence-electron chi connectivity index (χ0n) is 14.3. The third-order valence-electron chi connectivity index (χ3n) is 5.03. The summed E-state index contributed by atoms with van der Waals surface area (Å²) in [6, 6.07) is 7.94. The third-order valence-corrected chi connectivity index (χ3v) is 5.03. The topological polar surface area (TPSA) is 67.2 Å². The molecule has 0 bridgehead atoms. The van der Waals surface area contributed by atoms with Crippen molar-refractivity contribution in [1.82, 2.24) is 14.9 Å². The number of aryl methyl sites for hydroxylation is 1. The number of hydrogen-bond acceptors (Lipinski definition) is 3. The summed E-state index contributed by atoms with van der Waals surface area (Å²) >= 11 is 0. The Morgan fingerprint density at radius 2 is 2.28 bits per heavy atom. The molecule has 2 aromatic rings. The van der Waals surface area contributed by atoms with Gasteiger partial charge in [-0.2, -0.15) is 0 Å². The molecule has 130 valence electrons. The summed E-state index contributed by atoms with van der Waals surface area (Å²) in [7, 11) is 1.98. The first kappa shape index (κ1) is 15.9. The highest BCUT2D eigenvalue weighted by Gasteiger charge is 2.41. The number of anilines is 1. The van der Waals surface area contributed by atoms with E-state index in [1.165, 1.54) is 5.69 Å². The Bertz CT molecular complexity index is 813. The molecule has 2 atom stereocenters. The van der Waals surface area contributed by atoms with Crippen molar-refractivity contribution in [3.8, 4) is 0 Å². The van der Waals surface area contributed by atoms with Crippen molar-refractivity contribution < 1.29 is 9.59 Å². The largest absolute Gasteiger partial charge is 0.352 e. The molecule has 1 N–H and O–H groups in total. The van der Waals surface area contributed by atoms with E-state index in [9.17, 15) is 9.59 Å². The van der Waals surface area contributed by atoms with Crippen LogP contribution in [-0.4, -0.2) is 34.0 Å². The van der Waals surface area contributed by atoms with E-state index in [1.54, 1.807) is 11.2 Å². The summed E-state index contributed by atoms with van der Waals surface area (Å²) in [4.78, 5) is 30.2. The summed E-state index contributed by atoms with van der Waals surface area (Å²) in [5.74, 6) is 0.558. The first-order valence-corrected chi connectivity index (χ1v) is 8.76. The number of nitrogens with one attached hydrogen (secondary N) is 1. The zero-order chi connectivity index (χ0) is 17.4. The number of amides is 2. The Morgan fingerprint density at radius 1 is 1.40 bits per heavy atom. The van der Waals surface area contributed by atoms with E-state index in [-0.39, 0.29) is 17.9 Å². The Kier molecular flexibility index (Phi) is 4.03. The van der Waals surface area contributed by atoms with Crippen LogP contribution in [0.25, 0.3) is 0 Å². The number of benzene rings is 1. The molecular formula is C19H22N4O2. The molecule has 1 saturated carbocycles. The molecule has 6 heteroatoms. The van der Waals surface area contributed by atoms with Crippen LogP contribution in [0.5, 0.6) is 0 Å². The van der Waals surface area contributed by atoms with E-state index in [0.29, 0.717) is 18.8 Å². The highest BCUT2D eigenvalue weighted by molar-refractivity contribution is 5.95. The van der Waals surface area contributed by atoms with Crippen LogP contribution in [0.2, 0.25) is 0 Å². The van der Waals surface area contributed by atoms with Gasteiger partial charge >= 0.3 is 0 Å². The maximum absolute atomic E-state index is 12.3. The minimum Gasteiger partial charge on any atom is -0.352 e. The molecule has 1 saturated heterocycles. The smallest absolute Gasteiger partial charge is 0.227 e. The predicted molar refractivity (Wildman–Crippen MR) is 94.2 cm³/mol. The van der Waals surface area contributed by atoms with E-state index in [2.05, 4.69) is 10.3 Å². The normalized spacial score (nSPS) is 22.3. The monoisotopic (exact) mass is 338 g/mol. The maximum atomic E-state index is 12.3. The molecule has 6 nitrogen and oxygen atoms in total. The average Bonchev–Trinajstić information content (AvgIpc) is 2.98.